The highest BCUT2D eigenvalue weighted by molar-refractivity contribution is 5.69. The molecule has 0 aromatic carbocycles. The maximum absolute atomic E-state index is 12.1. The van der Waals surface area contributed by atoms with Crippen molar-refractivity contribution < 1.29 is 38.0 Å². The van der Waals surface area contributed by atoms with Gasteiger partial charge in [0.05, 0.1) is 63.7 Å². The summed E-state index contributed by atoms with van der Waals surface area (Å²) in [5.74, 6) is 5.81. The van der Waals surface area contributed by atoms with Crippen LogP contribution in [0.1, 0.15) is 89.9 Å². The second-order valence-electron chi connectivity index (χ2n) is 14.8. The molecule has 7 aliphatic rings. The van der Waals surface area contributed by atoms with Gasteiger partial charge in [0.15, 0.2) is 0 Å². The van der Waals surface area contributed by atoms with Crippen molar-refractivity contribution in [3.05, 3.63) is 0 Å². The van der Waals surface area contributed by atoms with E-state index in [9.17, 15) is 9.59 Å². The third-order valence-electron chi connectivity index (χ3n) is 12.1. The van der Waals surface area contributed by atoms with Crippen molar-refractivity contribution in [1.82, 2.24) is 0 Å². The fraction of sp³-hybridized carbons (Fsp3) is 0.941. The molecule has 236 valence electrons. The Hall–Kier alpha value is -1.22. The van der Waals surface area contributed by atoms with Crippen LogP contribution in [0.3, 0.4) is 0 Å². The lowest BCUT2D eigenvalue weighted by Gasteiger charge is -2.31. The summed E-state index contributed by atoms with van der Waals surface area (Å²) in [6.07, 6.45) is 16.9. The van der Waals surface area contributed by atoms with Gasteiger partial charge in [-0.25, -0.2) is 0 Å². The first-order valence-corrected chi connectivity index (χ1v) is 17.4. The summed E-state index contributed by atoms with van der Waals surface area (Å²) in [5.41, 5.74) is 0. The largest absolute Gasteiger partial charge is 0.465 e. The van der Waals surface area contributed by atoms with Crippen LogP contribution in [-0.4, -0.2) is 76.0 Å². The number of esters is 2. The Morgan fingerprint density at radius 1 is 0.548 bits per heavy atom. The topological polar surface area (TPSA) is 96.1 Å². The van der Waals surface area contributed by atoms with Crippen LogP contribution in [0.15, 0.2) is 0 Å². The predicted octanol–water partition coefficient (Wildman–Crippen LogP) is 5.10. The van der Waals surface area contributed by atoms with Gasteiger partial charge in [0, 0.05) is 13.2 Å². The zero-order valence-corrected chi connectivity index (χ0v) is 25.3. The Morgan fingerprint density at radius 2 is 1.14 bits per heavy atom. The maximum atomic E-state index is 12.1. The molecule has 7 rings (SSSR count). The average Bonchev–Trinajstić information content (AvgIpc) is 3.81. The zero-order chi connectivity index (χ0) is 28.5. The molecule has 2 aliphatic heterocycles. The van der Waals surface area contributed by atoms with Gasteiger partial charge in [-0.3, -0.25) is 9.59 Å². The van der Waals surface area contributed by atoms with Gasteiger partial charge in [0.1, 0.15) is 0 Å². The normalized spacial score (nSPS) is 42.5. The van der Waals surface area contributed by atoms with E-state index in [1.54, 1.807) is 0 Å². The molecule has 12 atom stereocenters. The van der Waals surface area contributed by atoms with Gasteiger partial charge in [-0.1, -0.05) is 0 Å². The number of hydrogen-bond acceptors (Lipinski definition) is 8. The average molecular weight is 589 g/mol. The van der Waals surface area contributed by atoms with Crippen LogP contribution in [0.4, 0.5) is 0 Å². The monoisotopic (exact) mass is 588 g/mol. The molecule has 2 saturated heterocycles. The van der Waals surface area contributed by atoms with E-state index in [2.05, 4.69) is 0 Å². The lowest BCUT2D eigenvalue weighted by atomic mass is 9.75. The molecule has 42 heavy (non-hydrogen) atoms. The molecule has 0 radical (unpaired) electrons. The van der Waals surface area contributed by atoms with E-state index in [0.29, 0.717) is 75.5 Å². The molecule has 12 unspecified atom stereocenters. The van der Waals surface area contributed by atoms with Gasteiger partial charge in [0.2, 0.25) is 0 Å². The van der Waals surface area contributed by atoms with Crippen molar-refractivity contribution in [2.75, 3.05) is 39.6 Å². The van der Waals surface area contributed by atoms with Crippen LogP contribution in [-0.2, 0) is 38.0 Å². The summed E-state index contributed by atoms with van der Waals surface area (Å²) in [6.45, 7) is 3.54. The van der Waals surface area contributed by atoms with Gasteiger partial charge in [0.25, 0.3) is 0 Å². The fourth-order valence-electron chi connectivity index (χ4n) is 9.74. The summed E-state index contributed by atoms with van der Waals surface area (Å²) in [7, 11) is 0. The van der Waals surface area contributed by atoms with Gasteiger partial charge < -0.3 is 28.4 Å². The predicted molar refractivity (Wildman–Crippen MR) is 153 cm³/mol. The Morgan fingerprint density at radius 3 is 1.76 bits per heavy atom. The molecule has 8 nitrogen and oxygen atoms in total. The third-order valence-corrected chi connectivity index (χ3v) is 12.1. The highest BCUT2D eigenvalue weighted by Gasteiger charge is 2.55. The number of epoxide rings is 2. The summed E-state index contributed by atoms with van der Waals surface area (Å²) >= 11 is 0. The number of ether oxygens (including phenoxy) is 6. The Bertz CT molecular complexity index is 941. The number of carbonyl (C=O) groups is 2. The van der Waals surface area contributed by atoms with Crippen LogP contribution in [0.25, 0.3) is 0 Å². The van der Waals surface area contributed by atoms with Crippen LogP contribution in [0.5, 0.6) is 0 Å². The minimum absolute atomic E-state index is 0.126. The minimum Gasteiger partial charge on any atom is -0.465 e. The number of carbonyl (C=O) groups excluding carboxylic acids is 2. The van der Waals surface area contributed by atoms with Crippen LogP contribution in [0.2, 0.25) is 0 Å². The van der Waals surface area contributed by atoms with Crippen molar-refractivity contribution in [3.63, 3.8) is 0 Å². The molecular weight excluding hydrogens is 536 g/mol. The zero-order valence-electron chi connectivity index (χ0n) is 25.3. The Balaban J connectivity index is 0.704. The molecule has 7 fully saturated rings. The SMILES string of the molecule is O=C(CCOCCC1CC2C3CC(CCOCCC(=O)OCC4CCC5OC5C4)C(C3)C2C1)OCC1CCC2OC2C1. The standard InChI is InChI=1S/C34H52O8/c35-33(39-19-22-1-3-29-31(15-22)41-29)7-11-37-9-5-21-13-26-25-17-24(27(18-25)28(26)14-21)6-10-38-12-8-34(36)40-20-23-2-4-30-32(16-23)42-30/h21-32H,1-20H2. The van der Waals surface area contributed by atoms with Gasteiger partial charge in [-0.15, -0.1) is 0 Å². The first-order chi connectivity index (χ1) is 20.6. The van der Waals surface area contributed by atoms with Crippen molar-refractivity contribution in [1.29, 1.82) is 0 Å². The van der Waals surface area contributed by atoms with Crippen molar-refractivity contribution in [3.8, 4) is 0 Å². The van der Waals surface area contributed by atoms with Gasteiger partial charge >= 0.3 is 11.9 Å². The van der Waals surface area contributed by atoms with Crippen molar-refractivity contribution in [2.24, 2.45) is 47.3 Å². The van der Waals surface area contributed by atoms with E-state index in [0.717, 1.165) is 100 Å². The fourth-order valence-corrected chi connectivity index (χ4v) is 9.74. The first-order valence-electron chi connectivity index (χ1n) is 17.4. The highest BCUT2D eigenvalue weighted by atomic mass is 16.6. The van der Waals surface area contributed by atoms with Crippen LogP contribution >= 0.6 is 0 Å². The van der Waals surface area contributed by atoms with E-state index < -0.39 is 0 Å². The van der Waals surface area contributed by atoms with E-state index in [1.807, 2.05) is 0 Å². The van der Waals surface area contributed by atoms with E-state index in [-0.39, 0.29) is 11.9 Å². The summed E-state index contributed by atoms with van der Waals surface area (Å²) in [4.78, 5) is 24.2. The first kappa shape index (κ1) is 29.5. The van der Waals surface area contributed by atoms with E-state index >= 15 is 0 Å². The molecule has 2 bridgehead atoms. The smallest absolute Gasteiger partial charge is 0.308 e. The molecule has 5 saturated carbocycles. The summed E-state index contributed by atoms with van der Waals surface area (Å²) in [5, 5.41) is 0. The second kappa shape index (κ2) is 13.4. The molecule has 0 N–H and O–H groups in total. The Labute approximate surface area is 251 Å². The summed E-state index contributed by atoms with van der Waals surface area (Å²) < 4.78 is 33.9. The van der Waals surface area contributed by atoms with Crippen molar-refractivity contribution in [2.45, 2.75) is 114 Å². The molecule has 5 aliphatic carbocycles. The lowest BCUT2D eigenvalue weighted by Crippen LogP contribution is -2.25. The van der Waals surface area contributed by atoms with Crippen molar-refractivity contribution >= 4 is 11.9 Å². The van der Waals surface area contributed by atoms with E-state index in [1.165, 1.54) is 25.7 Å². The molecule has 0 spiro atoms. The number of rotatable bonds is 16. The van der Waals surface area contributed by atoms with Gasteiger partial charge in [-0.2, -0.15) is 0 Å². The number of hydrogen-bond donors (Lipinski definition) is 0. The molecule has 0 amide bonds. The lowest BCUT2D eigenvalue weighted by molar-refractivity contribution is -0.147. The van der Waals surface area contributed by atoms with Gasteiger partial charge in [-0.05, 0) is 124 Å². The van der Waals surface area contributed by atoms with E-state index in [4.69, 9.17) is 28.4 Å². The molecular formula is C34H52O8. The molecule has 2 heterocycles. The Kier molecular flexibility index (Phi) is 9.42. The van der Waals surface area contributed by atoms with Crippen LogP contribution in [0, 0.1) is 47.3 Å². The third kappa shape index (κ3) is 7.35. The maximum Gasteiger partial charge on any atom is 0.308 e. The minimum atomic E-state index is -0.127. The van der Waals surface area contributed by atoms with Crippen LogP contribution < -0.4 is 0 Å². The number of fused-ring (bicyclic) bond motifs is 7. The highest BCUT2D eigenvalue weighted by Crippen LogP contribution is 2.63. The second-order valence-corrected chi connectivity index (χ2v) is 14.8. The molecule has 0 aromatic rings. The molecule has 0 aromatic heterocycles. The molecule has 8 heteroatoms. The summed E-state index contributed by atoms with van der Waals surface area (Å²) in [6, 6.07) is 0. The quantitative estimate of drug-likeness (QED) is 0.140.